The zero-order chi connectivity index (χ0) is 17.3. The van der Waals surface area contributed by atoms with Crippen LogP contribution >= 0.6 is 11.8 Å². The second kappa shape index (κ2) is 9.85. The van der Waals surface area contributed by atoms with Crippen LogP contribution in [0, 0.1) is 0 Å². The van der Waals surface area contributed by atoms with E-state index in [1.165, 1.54) is 0 Å². The third-order valence-electron chi connectivity index (χ3n) is 3.49. The number of hydrogen-bond acceptors (Lipinski definition) is 5. The quantitative estimate of drug-likeness (QED) is 0.537. The SMILES string of the molecule is CCNC(=NCc1ccccn1)NCCS(=O)(=O)N1CCSCC1. The topological polar surface area (TPSA) is 86.7 Å². The lowest BCUT2D eigenvalue weighted by Gasteiger charge is -2.25. The fourth-order valence-corrected chi connectivity index (χ4v) is 4.74. The number of sulfonamides is 1. The highest BCUT2D eigenvalue weighted by molar-refractivity contribution is 7.99. The lowest BCUT2D eigenvalue weighted by molar-refractivity contribution is 0.443. The Hall–Kier alpha value is -1.32. The number of pyridine rings is 1. The van der Waals surface area contributed by atoms with Crippen molar-refractivity contribution >= 4 is 27.7 Å². The average Bonchev–Trinajstić information content (AvgIpc) is 2.61. The van der Waals surface area contributed by atoms with E-state index in [4.69, 9.17) is 0 Å². The molecule has 1 fully saturated rings. The van der Waals surface area contributed by atoms with Gasteiger partial charge in [-0.25, -0.2) is 17.7 Å². The molecule has 1 aliphatic heterocycles. The summed E-state index contributed by atoms with van der Waals surface area (Å²) in [7, 11) is -3.20. The minimum absolute atomic E-state index is 0.0751. The van der Waals surface area contributed by atoms with Crippen LogP contribution in [0.25, 0.3) is 0 Å². The van der Waals surface area contributed by atoms with E-state index in [1.807, 2.05) is 25.1 Å². The Morgan fingerprint density at radius 2 is 2.12 bits per heavy atom. The first-order chi connectivity index (χ1) is 11.6. The molecule has 7 nitrogen and oxygen atoms in total. The number of aromatic nitrogens is 1. The van der Waals surface area contributed by atoms with Gasteiger partial charge in [-0.1, -0.05) is 6.07 Å². The van der Waals surface area contributed by atoms with Crippen LogP contribution < -0.4 is 10.6 Å². The lowest BCUT2D eigenvalue weighted by atomic mass is 10.3. The molecule has 1 aromatic heterocycles. The zero-order valence-electron chi connectivity index (χ0n) is 13.9. The Balaban J connectivity index is 1.84. The highest BCUT2D eigenvalue weighted by Crippen LogP contribution is 2.12. The van der Waals surface area contributed by atoms with Crippen LogP contribution in [0.15, 0.2) is 29.4 Å². The summed E-state index contributed by atoms with van der Waals surface area (Å²) in [5.41, 5.74) is 0.869. The molecule has 0 saturated carbocycles. The first-order valence-corrected chi connectivity index (χ1v) is 10.9. The van der Waals surface area contributed by atoms with E-state index in [2.05, 4.69) is 20.6 Å². The lowest BCUT2D eigenvalue weighted by Crippen LogP contribution is -2.44. The summed E-state index contributed by atoms with van der Waals surface area (Å²) < 4.78 is 26.2. The molecule has 2 heterocycles. The maximum Gasteiger partial charge on any atom is 0.215 e. The van der Waals surface area contributed by atoms with Gasteiger partial charge in [0.1, 0.15) is 0 Å². The van der Waals surface area contributed by atoms with E-state index >= 15 is 0 Å². The molecule has 0 spiro atoms. The number of nitrogens with zero attached hydrogens (tertiary/aromatic N) is 3. The summed E-state index contributed by atoms with van der Waals surface area (Å²) in [5.74, 6) is 2.43. The summed E-state index contributed by atoms with van der Waals surface area (Å²) in [5, 5.41) is 6.20. The van der Waals surface area contributed by atoms with Gasteiger partial charge in [-0.3, -0.25) is 4.98 Å². The van der Waals surface area contributed by atoms with Gasteiger partial charge >= 0.3 is 0 Å². The van der Waals surface area contributed by atoms with Gasteiger partial charge in [0.25, 0.3) is 0 Å². The van der Waals surface area contributed by atoms with Gasteiger partial charge in [0.15, 0.2) is 5.96 Å². The molecule has 2 rings (SSSR count). The van der Waals surface area contributed by atoms with Crippen molar-refractivity contribution in [2.75, 3.05) is 43.4 Å². The number of rotatable bonds is 7. The molecule has 0 radical (unpaired) electrons. The van der Waals surface area contributed by atoms with Crippen molar-refractivity contribution in [2.24, 2.45) is 4.99 Å². The molecule has 1 saturated heterocycles. The standard InChI is InChI=1S/C15H25N5O2S2/c1-2-16-15(19-13-14-5-3-4-6-17-14)18-7-12-24(21,22)20-8-10-23-11-9-20/h3-6H,2,7-13H2,1H3,(H2,16,18,19). The number of hydrogen-bond donors (Lipinski definition) is 2. The Morgan fingerprint density at radius 1 is 1.33 bits per heavy atom. The summed E-state index contributed by atoms with van der Waals surface area (Å²) in [6.07, 6.45) is 1.73. The number of guanidine groups is 1. The van der Waals surface area contributed by atoms with Crippen molar-refractivity contribution in [1.29, 1.82) is 0 Å². The molecule has 134 valence electrons. The van der Waals surface area contributed by atoms with Gasteiger partial charge in [-0.05, 0) is 19.1 Å². The number of thioether (sulfide) groups is 1. The van der Waals surface area contributed by atoms with Crippen molar-refractivity contribution in [2.45, 2.75) is 13.5 Å². The molecular weight excluding hydrogens is 346 g/mol. The molecule has 2 N–H and O–H groups in total. The van der Waals surface area contributed by atoms with E-state index in [-0.39, 0.29) is 5.75 Å². The van der Waals surface area contributed by atoms with Crippen LogP contribution in [0.3, 0.4) is 0 Å². The van der Waals surface area contributed by atoms with Crippen LogP contribution in [-0.4, -0.2) is 67.1 Å². The minimum Gasteiger partial charge on any atom is -0.357 e. The van der Waals surface area contributed by atoms with Crippen LogP contribution in [0.1, 0.15) is 12.6 Å². The van der Waals surface area contributed by atoms with Crippen molar-refractivity contribution < 1.29 is 8.42 Å². The van der Waals surface area contributed by atoms with Crippen LogP contribution in [0.4, 0.5) is 0 Å². The fourth-order valence-electron chi connectivity index (χ4n) is 2.25. The predicted molar refractivity (Wildman–Crippen MR) is 99.7 cm³/mol. The van der Waals surface area contributed by atoms with E-state index in [0.29, 0.717) is 38.7 Å². The Labute approximate surface area is 148 Å². The molecule has 0 atom stereocenters. The molecule has 0 aromatic carbocycles. The Bertz CT molecular complexity index is 616. The average molecular weight is 372 g/mol. The third-order valence-corrected chi connectivity index (χ3v) is 6.30. The number of nitrogens with one attached hydrogen (secondary N) is 2. The van der Waals surface area contributed by atoms with Gasteiger partial charge in [0, 0.05) is 43.9 Å². The van der Waals surface area contributed by atoms with Crippen LogP contribution in [0.5, 0.6) is 0 Å². The van der Waals surface area contributed by atoms with Gasteiger partial charge in [0.05, 0.1) is 18.0 Å². The highest BCUT2D eigenvalue weighted by Gasteiger charge is 2.23. The summed E-state index contributed by atoms with van der Waals surface area (Å²) in [6, 6.07) is 5.69. The fraction of sp³-hybridized carbons (Fsp3) is 0.600. The van der Waals surface area contributed by atoms with Crippen LogP contribution in [-0.2, 0) is 16.6 Å². The second-order valence-electron chi connectivity index (χ2n) is 5.27. The monoisotopic (exact) mass is 371 g/mol. The molecule has 0 unspecified atom stereocenters. The number of aliphatic imine (C=N–C) groups is 1. The Morgan fingerprint density at radius 3 is 2.79 bits per heavy atom. The predicted octanol–water partition coefficient (Wildman–Crippen LogP) is 0.515. The smallest absolute Gasteiger partial charge is 0.215 e. The maximum atomic E-state index is 12.3. The molecule has 24 heavy (non-hydrogen) atoms. The maximum absolute atomic E-state index is 12.3. The third kappa shape index (κ3) is 6.29. The van der Waals surface area contributed by atoms with E-state index < -0.39 is 10.0 Å². The van der Waals surface area contributed by atoms with Crippen molar-refractivity contribution in [3.8, 4) is 0 Å². The molecule has 0 bridgehead atoms. The summed E-state index contributed by atoms with van der Waals surface area (Å²) in [4.78, 5) is 8.66. The highest BCUT2D eigenvalue weighted by atomic mass is 32.2. The minimum atomic E-state index is -3.20. The van der Waals surface area contributed by atoms with Crippen molar-refractivity contribution in [1.82, 2.24) is 19.9 Å². The summed E-state index contributed by atoms with van der Waals surface area (Å²) >= 11 is 1.80. The Kier molecular flexibility index (Phi) is 7.80. The normalized spacial score (nSPS) is 16.8. The molecule has 0 aliphatic carbocycles. The molecular formula is C15H25N5O2S2. The van der Waals surface area contributed by atoms with Gasteiger partial charge in [-0.15, -0.1) is 0 Å². The zero-order valence-corrected chi connectivity index (χ0v) is 15.6. The first kappa shape index (κ1) is 19.0. The summed E-state index contributed by atoms with van der Waals surface area (Å²) in [6.45, 7) is 4.69. The van der Waals surface area contributed by atoms with Gasteiger partial charge in [-0.2, -0.15) is 11.8 Å². The van der Waals surface area contributed by atoms with Crippen LogP contribution in [0.2, 0.25) is 0 Å². The molecule has 1 aromatic rings. The van der Waals surface area contributed by atoms with E-state index in [9.17, 15) is 8.42 Å². The van der Waals surface area contributed by atoms with Gasteiger partial charge < -0.3 is 10.6 Å². The molecule has 1 aliphatic rings. The van der Waals surface area contributed by atoms with Gasteiger partial charge in [0.2, 0.25) is 10.0 Å². The molecule has 9 heteroatoms. The van der Waals surface area contributed by atoms with E-state index in [1.54, 1.807) is 22.3 Å². The molecule has 0 amide bonds. The first-order valence-electron chi connectivity index (χ1n) is 8.09. The largest absolute Gasteiger partial charge is 0.357 e. The second-order valence-corrected chi connectivity index (χ2v) is 8.58. The van der Waals surface area contributed by atoms with Crippen molar-refractivity contribution in [3.05, 3.63) is 30.1 Å². The van der Waals surface area contributed by atoms with Crippen molar-refractivity contribution in [3.63, 3.8) is 0 Å². The van der Waals surface area contributed by atoms with E-state index in [0.717, 1.165) is 17.2 Å².